The first-order chi connectivity index (χ1) is 9.70. The number of piperidine rings is 1. The molecule has 6 nitrogen and oxygen atoms in total. The van der Waals surface area contributed by atoms with Gasteiger partial charge in [-0.05, 0) is 18.4 Å². The highest BCUT2D eigenvalue weighted by atomic mass is 16.2. The van der Waals surface area contributed by atoms with E-state index in [2.05, 4.69) is 39.8 Å². The first-order valence-corrected chi connectivity index (χ1v) is 6.86. The topological polar surface area (TPSA) is 71.8 Å². The lowest BCUT2D eigenvalue weighted by Gasteiger charge is -2.36. The number of urea groups is 1. The number of rotatable bonds is 4. The third-order valence-electron chi connectivity index (χ3n) is 3.83. The smallest absolute Gasteiger partial charge is 0.323 e. The molecule has 0 aliphatic carbocycles. The molecule has 20 heavy (non-hydrogen) atoms. The minimum absolute atomic E-state index is 0.226. The van der Waals surface area contributed by atoms with Crippen LogP contribution in [0.5, 0.6) is 0 Å². The van der Waals surface area contributed by atoms with Gasteiger partial charge in [0.15, 0.2) is 0 Å². The lowest BCUT2D eigenvalue weighted by atomic mass is 10.0. The summed E-state index contributed by atoms with van der Waals surface area (Å²) in [5, 5.41) is 2.92. The van der Waals surface area contributed by atoms with E-state index in [4.69, 9.17) is 5.53 Å². The molecule has 0 bridgehead atoms. The highest BCUT2D eigenvalue weighted by Gasteiger charge is 2.25. The normalized spacial score (nSPS) is 16.6. The SMILES string of the molecule is CN(C(=O)NN=N)C1CCN(Cc2ccccc2)CC1. The first-order valence-electron chi connectivity index (χ1n) is 6.86. The molecule has 1 heterocycles. The van der Waals surface area contributed by atoms with Crippen molar-refractivity contribution in [1.82, 2.24) is 15.2 Å². The molecule has 2 rings (SSSR count). The number of hydrogen-bond donors (Lipinski definition) is 2. The van der Waals surface area contributed by atoms with E-state index in [1.54, 1.807) is 11.9 Å². The van der Waals surface area contributed by atoms with Gasteiger partial charge in [-0.25, -0.2) is 10.2 Å². The van der Waals surface area contributed by atoms with Gasteiger partial charge in [-0.1, -0.05) is 35.6 Å². The molecule has 2 amide bonds. The zero-order chi connectivity index (χ0) is 14.4. The average Bonchev–Trinajstić information content (AvgIpc) is 2.48. The molecule has 1 aromatic carbocycles. The predicted molar refractivity (Wildman–Crippen MR) is 76.2 cm³/mol. The molecule has 1 aliphatic rings. The summed E-state index contributed by atoms with van der Waals surface area (Å²) in [6.07, 6.45) is 1.91. The predicted octanol–water partition coefficient (Wildman–Crippen LogP) is 2.24. The molecule has 6 heteroatoms. The highest BCUT2D eigenvalue weighted by Crippen LogP contribution is 2.17. The van der Waals surface area contributed by atoms with Crippen LogP contribution in [0.25, 0.3) is 0 Å². The Morgan fingerprint density at radius 2 is 2.05 bits per heavy atom. The molecule has 1 fully saturated rings. The highest BCUT2D eigenvalue weighted by molar-refractivity contribution is 5.73. The Morgan fingerprint density at radius 3 is 2.65 bits per heavy atom. The van der Waals surface area contributed by atoms with Crippen LogP contribution in [0, 0.1) is 5.53 Å². The van der Waals surface area contributed by atoms with Gasteiger partial charge in [-0.15, -0.1) is 0 Å². The quantitative estimate of drug-likeness (QED) is 0.653. The van der Waals surface area contributed by atoms with Gasteiger partial charge < -0.3 is 4.90 Å². The Bertz CT molecular complexity index is 442. The molecule has 0 radical (unpaired) electrons. The Balaban J connectivity index is 1.80. The van der Waals surface area contributed by atoms with Gasteiger partial charge in [0.2, 0.25) is 0 Å². The minimum atomic E-state index is -0.304. The van der Waals surface area contributed by atoms with Gasteiger partial charge >= 0.3 is 6.03 Å². The molecule has 0 spiro atoms. The molecule has 0 saturated carbocycles. The van der Waals surface area contributed by atoms with E-state index in [0.717, 1.165) is 32.5 Å². The molecule has 1 saturated heterocycles. The third kappa shape index (κ3) is 3.77. The van der Waals surface area contributed by atoms with Crippen LogP contribution in [0.3, 0.4) is 0 Å². The van der Waals surface area contributed by atoms with Crippen molar-refractivity contribution in [2.24, 2.45) is 5.22 Å². The van der Waals surface area contributed by atoms with Crippen LogP contribution in [0.15, 0.2) is 35.6 Å². The number of benzene rings is 1. The molecule has 0 unspecified atom stereocenters. The van der Waals surface area contributed by atoms with E-state index in [9.17, 15) is 4.79 Å². The van der Waals surface area contributed by atoms with Crippen molar-refractivity contribution < 1.29 is 4.79 Å². The average molecular weight is 275 g/mol. The summed E-state index contributed by atoms with van der Waals surface area (Å²) in [5.41, 5.74) is 10.1. The second kappa shape index (κ2) is 7.00. The lowest BCUT2D eigenvalue weighted by molar-refractivity contribution is 0.131. The Labute approximate surface area is 119 Å². The molecule has 0 atom stereocenters. The first kappa shape index (κ1) is 14.5. The largest absolute Gasteiger partial charge is 0.339 e. The summed E-state index contributed by atoms with van der Waals surface area (Å²) in [6, 6.07) is 10.4. The van der Waals surface area contributed by atoms with Crippen LogP contribution in [0.4, 0.5) is 4.79 Å². The van der Waals surface area contributed by atoms with Crippen molar-refractivity contribution in [3.05, 3.63) is 35.9 Å². The number of nitrogens with zero attached hydrogens (tertiary/aromatic N) is 3. The van der Waals surface area contributed by atoms with Crippen LogP contribution in [0.1, 0.15) is 18.4 Å². The summed E-state index contributed by atoms with van der Waals surface area (Å²) >= 11 is 0. The van der Waals surface area contributed by atoms with Gasteiger partial charge in [-0.3, -0.25) is 4.90 Å². The lowest BCUT2D eigenvalue weighted by Crippen LogP contribution is -2.47. The molecule has 0 aromatic heterocycles. The standard InChI is InChI=1S/C14H21N5O/c1-18(14(20)16-17-15)13-7-9-19(10-8-13)11-12-5-3-2-4-6-12/h2-6,13H,7-11H2,1H3,(H2,15,16,20). The number of amides is 2. The fourth-order valence-corrected chi connectivity index (χ4v) is 2.60. The molecule has 1 aromatic rings. The van der Waals surface area contributed by atoms with E-state index < -0.39 is 0 Å². The maximum Gasteiger partial charge on any atom is 0.339 e. The van der Waals surface area contributed by atoms with Crippen molar-refractivity contribution in [2.75, 3.05) is 20.1 Å². The Morgan fingerprint density at radius 1 is 1.40 bits per heavy atom. The van der Waals surface area contributed by atoms with E-state index in [1.165, 1.54) is 5.56 Å². The summed E-state index contributed by atoms with van der Waals surface area (Å²) in [7, 11) is 1.76. The van der Waals surface area contributed by atoms with Crippen molar-refractivity contribution in [2.45, 2.75) is 25.4 Å². The van der Waals surface area contributed by atoms with E-state index >= 15 is 0 Å². The maximum atomic E-state index is 11.6. The Hall–Kier alpha value is -1.95. The van der Waals surface area contributed by atoms with E-state index in [-0.39, 0.29) is 12.1 Å². The van der Waals surface area contributed by atoms with Crippen molar-refractivity contribution >= 4 is 6.03 Å². The molecular formula is C14H21N5O. The van der Waals surface area contributed by atoms with Gasteiger partial charge in [0, 0.05) is 32.7 Å². The fraction of sp³-hybridized carbons (Fsp3) is 0.500. The number of carbonyl (C=O) groups excluding carboxylic acids is 1. The summed E-state index contributed by atoms with van der Waals surface area (Å²) in [5.74, 6) is 0. The second-order valence-electron chi connectivity index (χ2n) is 5.13. The minimum Gasteiger partial charge on any atom is -0.323 e. The van der Waals surface area contributed by atoms with Gasteiger partial charge in [0.05, 0.1) is 0 Å². The second-order valence-corrected chi connectivity index (χ2v) is 5.13. The summed E-state index contributed by atoms with van der Waals surface area (Å²) in [6.45, 7) is 2.93. The fourth-order valence-electron chi connectivity index (χ4n) is 2.60. The molecule has 108 valence electrons. The Kier molecular flexibility index (Phi) is 5.06. The molecule has 2 N–H and O–H groups in total. The zero-order valence-corrected chi connectivity index (χ0v) is 11.7. The maximum absolute atomic E-state index is 11.6. The van der Waals surface area contributed by atoms with Crippen LogP contribution < -0.4 is 5.43 Å². The van der Waals surface area contributed by atoms with E-state index in [0.29, 0.717) is 0 Å². The third-order valence-corrected chi connectivity index (χ3v) is 3.83. The van der Waals surface area contributed by atoms with Gasteiger partial charge in [0.1, 0.15) is 0 Å². The number of nitrogens with one attached hydrogen (secondary N) is 2. The van der Waals surface area contributed by atoms with Gasteiger partial charge in [-0.2, -0.15) is 5.53 Å². The van der Waals surface area contributed by atoms with Crippen LogP contribution in [-0.2, 0) is 6.54 Å². The molecule has 1 aliphatic heterocycles. The molecular weight excluding hydrogens is 254 g/mol. The van der Waals surface area contributed by atoms with Gasteiger partial charge in [0.25, 0.3) is 0 Å². The zero-order valence-electron chi connectivity index (χ0n) is 11.7. The van der Waals surface area contributed by atoms with Crippen LogP contribution in [0.2, 0.25) is 0 Å². The number of carbonyl (C=O) groups is 1. The van der Waals surface area contributed by atoms with Crippen LogP contribution >= 0.6 is 0 Å². The summed E-state index contributed by atoms with van der Waals surface area (Å²) < 4.78 is 0. The van der Waals surface area contributed by atoms with Crippen LogP contribution in [-0.4, -0.2) is 42.0 Å². The number of likely N-dealkylation sites (tertiary alicyclic amines) is 1. The van der Waals surface area contributed by atoms with Crippen molar-refractivity contribution in [1.29, 1.82) is 5.53 Å². The van der Waals surface area contributed by atoms with Crippen molar-refractivity contribution in [3.8, 4) is 0 Å². The monoisotopic (exact) mass is 275 g/mol. The van der Waals surface area contributed by atoms with E-state index in [1.807, 2.05) is 6.07 Å². The summed E-state index contributed by atoms with van der Waals surface area (Å²) in [4.78, 5) is 15.7. The van der Waals surface area contributed by atoms with Crippen molar-refractivity contribution in [3.63, 3.8) is 0 Å². The number of hydrogen-bond acceptors (Lipinski definition) is 4.